The lowest BCUT2D eigenvalue weighted by molar-refractivity contribution is -0.148. The van der Waals surface area contributed by atoms with Crippen molar-refractivity contribution in [3.63, 3.8) is 0 Å². The van der Waals surface area contributed by atoms with E-state index in [4.69, 9.17) is 13.6 Å². The third kappa shape index (κ3) is 9.52. The van der Waals surface area contributed by atoms with Crippen LogP contribution in [0.5, 0.6) is 0 Å². The Hall–Kier alpha value is -2.57. The molecule has 212 valence electrons. The molecule has 0 aliphatic heterocycles. The van der Waals surface area contributed by atoms with Gasteiger partial charge in [-0.1, -0.05) is 89.9 Å². The summed E-state index contributed by atoms with van der Waals surface area (Å²) in [5.74, 6) is -3.74. The first-order valence-electron chi connectivity index (χ1n) is 11.7. The predicted molar refractivity (Wildman–Crippen MR) is 154 cm³/mol. The lowest BCUT2D eigenvalue weighted by atomic mass is 10.2. The van der Waals surface area contributed by atoms with Crippen molar-refractivity contribution in [2.45, 2.75) is 51.8 Å². The minimum absolute atomic E-state index is 0.598. The van der Waals surface area contributed by atoms with Gasteiger partial charge in [-0.05, 0) is 55.7 Å². The Morgan fingerprint density at radius 3 is 1.05 bits per heavy atom. The molecule has 13 heteroatoms. The summed E-state index contributed by atoms with van der Waals surface area (Å²) in [6.07, 6.45) is 0. The Morgan fingerprint density at radius 2 is 0.800 bits per heavy atom. The van der Waals surface area contributed by atoms with E-state index >= 15 is 0 Å². The number of aliphatic hydroxyl groups is 3. The molecule has 3 rings (SSSR count). The highest BCUT2D eigenvalue weighted by molar-refractivity contribution is 8.01. The topological polar surface area (TPSA) is 140 Å². The molecule has 0 amide bonds. The molecule has 0 bridgehead atoms. The number of rotatable bonds is 12. The zero-order valence-electron chi connectivity index (χ0n) is 21.6. The van der Waals surface area contributed by atoms with Gasteiger partial charge in [0.2, 0.25) is 16.3 Å². The minimum Gasteiger partial charge on any atom is -0.372 e. The monoisotopic (exact) mass is 622 g/mol. The Balaban J connectivity index is 1.71. The second-order valence-electron chi connectivity index (χ2n) is 8.16. The lowest BCUT2D eigenvalue weighted by Crippen LogP contribution is -2.25. The van der Waals surface area contributed by atoms with Gasteiger partial charge in [0.05, 0.1) is 0 Å². The van der Waals surface area contributed by atoms with Crippen molar-refractivity contribution in [2.75, 3.05) is 0 Å². The van der Waals surface area contributed by atoms with Gasteiger partial charge < -0.3 is 28.9 Å². The van der Waals surface area contributed by atoms with Crippen molar-refractivity contribution >= 4 is 61.8 Å². The highest BCUT2D eigenvalue weighted by atomic mass is 32.2. The Morgan fingerprint density at radius 1 is 0.550 bits per heavy atom. The smallest absolute Gasteiger partial charge is 0.372 e. The van der Waals surface area contributed by atoms with Crippen LogP contribution in [0.1, 0.15) is 16.7 Å². The van der Waals surface area contributed by atoms with Gasteiger partial charge in [0, 0.05) is 14.7 Å². The fourth-order valence-electron chi connectivity index (χ4n) is 2.98. The standard InChI is InChI=1S/C27H27O9PS3/c1-16-10-4-7-13-19(16)38-25(31)22(28)34-37(35-23(29)26(32)39-20-14-8-5-11-17(20)2)36-24(30)27(33)40-21-15-9-6-12-18(21)3/h4-15,25-27,31-33H,1-3H3. The second kappa shape index (κ2) is 15.4. The van der Waals surface area contributed by atoms with Crippen LogP contribution in [0.4, 0.5) is 0 Å². The Labute approximate surface area is 245 Å². The predicted octanol–water partition coefficient (Wildman–Crippen LogP) is 5.10. The van der Waals surface area contributed by atoms with Crippen LogP contribution in [0.3, 0.4) is 0 Å². The van der Waals surface area contributed by atoms with Crippen molar-refractivity contribution < 1.29 is 43.3 Å². The van der Waals surface area contributed by atoms with Crippen LogP contribution in [0, 0.1) is 20.8 Å². The molecule has 0 radical (unpaired) electrons. The van der Waals surface area contributed by atoms with Crippen LogP contribution in [0.25, 0.3) is 0 Å². The molecular formula is C27H27O9PS3. The summed E-state index contributed by atoms with van der Waals surface area (Å²) in [7, 11) is -3.09. The van der Waals surface area contributed by atoms with E-state index in [1.807, 2.05) is 0 Å². The Bertz CT molecular complexity index is 1180. The van der Waals surface area contributed by atoms with Crippen molar-refractivity contribution in [1.82, 2.24) is 0 Å². The average Bonchev–Trinajstić information content (AvgIpc) is 2.92. The molecule has 3 unspecified atom stereocenters. The second-order valence-corrected chi connectivity index (χ2v) is 12.5. The highest BCUT2D eigenvalue weighted by Crippen LogP contribution is 2.44. The Kier molecular flexibility index (Phi) is 12.3. The van der Waals surface area contributed by atoms with Gasteiger partial charge in [-0.25, -0.2) is 14.4 Å². The molecule has 40 heavy (non-hydrogen) atoms. The molecule has 0 aliphatic carbocycles. The fourth-order valence-corrected chi connectivity index (χ4v) is 6.44. The van der Waals surface area contributed by atoms with Gasteiger partial charge in [0.15, 0.2) is 0 Å². The number of hydrogen-bond donors (Lipinski definition) is 3. The quantitative estimate of drug-likeness (QED) is 0.141. The van der Waals surface area contributed by atoms with Crippen LogP contribution in [0.15, 0.2) is 87.5 Å². The van der Waals surface area contributed by atoms with Gasteiger partial charge in [0.1, 0.15) is 0 Å². The van der Waals surface area contributed by atoms with Crippen LogP contribution in [-0.4, -0.2) is 49.5 Å². The summed E-state index contributed by atoms with van der Waals surface area (Å²) in [6, 6.07) is 21.0. The van der Waals surface area contributed by atoms with Crippen molar-refractivity contribution in [2.24, 2.45) is 0 Å². The molecule has 0 heterocycles. The molecule has 0 saturated heterocycles. The number of carbonyl (C=O) groups excluding carboxylic acids is 3. The van der Waals surface area contributed by atoms with Gasteiger partial charge in [0.25, 0.3) is 0 Å². The van der Waals surface area contributed by atoms with Crippen LogP contribution in [-0.2, 0) is 28.0 Å². The summed E-state index contributed by atoms with van der Waals surface area (Å²) < 4.78 is 15.1. The van der Waals surface area contributed by atoms with E-state index in [1.54, 1.807) is 93.6 Å². The van der Waals surface area contributed by atoms with E-state index in [2.05, 4.69) is 0 Å². The fraction of sp³-hybridized carbons (Fsp3) is 0.222. The van der Waals surface area contributed by atoms with Gasteiger partial charge in [-0.15, -0.1) is 0 Å². The average molecular weight is 623 g/mol. The molecule has 3 aromatic carbocycles. The first-order valence-corrected chi connectivity index (χ1v) is 15.4. The molecular weight excluding hydrogens is 595 g/mol. The minimum atomic E-state index is -3.09. The van der Waals surface area contributed by atoms with E-state index in [9.17, 15) is 29.7 Å². The first-order chi connectivity index (χ1) is 19.0. The molecule has 9 nitrogen and oxygen atoms in total. The van der Waals surface area contributed by atoms with Crippen molar-refractivity contribution in [1.29, 1.82) is 0 Å². The lowest BCUT2D eigenvalue weighted by Gasteiger charge is -2.19. The number of aryl methyl sites for hydroxylation is 3. The molecule has 0 aliphatic rings. The summed E-state index contributed by atoms with van der Waals surface area (Å²) in [4.78, 5) is 39.7. The third-order valence-corrected chi connectivity index (χ3v) is 9.47. The van der Waals surface area contributed by atoms with Gasteiger partial charge in [-0.2, -0.15) is 0 Å². The molecule has 0 fully saturated rings. The van der Waals surface area contributed by atoms with Crippen molar-refractivity contribution in [3.05, 3.63) is 89.5 Å². The maximum atomic E-state index is 12.6. The molecule has 3 atom stereocenters. The number of aliphatic hydroxyl groups excluding tert-OH is 3. The largest absolute Gasteiger partial charge is 0.537 e. The summed E-state index contributed by atoms with van der Waals surface area (Å²) in [5.41, 5.74) is -2.85. The van der Waals surface area contributed by atoms with Crippen LogP contribution < -0.4 is 0 Å². The van der Waals surface area contributed by atoms with Crippen LogP contribution >= 0.6 is 43.9 Å². The maximum absolute atomic E-state index is 12.6. The van der Waals surface area contributed by atoms with E-state index in [0.717, 1.165) is 52.0 Å². The molecule has 3 N–H and O–H groups in total. The number of benzene rings is 3. The third-order valence-electron chi connectivity index (χ3n) is 5.10. The number of hydrogen-bond acceptors (Lipinski definition) is 12. The molecule has 3 aromatic rings. The van der Waals surface area contributed by atoms with E-state index in [0.29, 0.717) is 14.7 Å². The van der Waals surface area contributed by atoms with E-state index < -0.39 is 42.8 Å². The summed E-state index contributed by atoms with van der Waals surface area (Å²) in [5, 5.41) is 31.2. The summed E-state index contributed by atoms with van der Waals surface area (Å²) >= 11 is 2.34. The van der Waals surface area contributed by atoms with E-state index in [-0.39, 0.29) is 0 Å². The zero-order valence-corrected chi connectivity index (χ0v) is 25.0. The molecule has 0 saturated carbocycles. The SMILES string of the molecule is Cc1ccccc1SC(O)C(=O)OP(OC(=O)C(O)Sc1ccccc1C)OC(=O)C(O)Sc1ccccc1C. The molecule has 0 aromatic heterocycles. The van der Waals surface area contributed by atoms with Crippen LogP contribution in [0.2, 0.25) is 0 Å². The van der Waals surface area contributed by atoms with Crippen molar-refractivity contribution in [3.8, 4) is 0 Å². The number of thioether (sulfide) groups is 3. The highest BCUT2D eigenvalue weighted by Gasteiger charge is 2.35. The maximum Gasteiger partial charge on any atom is 0.537 e. The van der Waals surface area contributed by atoms with Gasteiger partial charge >= 0.3 is 26.5 Å². The first kappa shape index (κ1) is 32.0. The number of carbonyl (C=O) groups is 3. The zero-order chi connectivity index (χ0) is 29.2. The normalized spacial score (nSPS) is 13.9. The summed E-state index contributed by atoms with van der Waals surface area (Å²) in [6.45, 7) is 5.37. The van der Waals surface area contributed by atoms with E-state index in [1.165, 1.54) is 0 Å². The van der Waals surface area contributed by atoms with Gasteiger partial charge in [-0.3, -0.25) is 0 Å². The molecule has 0 spiro atoms.